The molecule has 0 atom stereocenters. The summed E-state index contributed by atoms with van der Waals surface area (Å²) in [5.74, 6) is 0. The summed E-state index contributed by atoms with van der Waals surface area (Å²) in [4.78, 5) is 17.5. The SMILES string of the molecule is Cc1c(-c2cncnc2)nc2ccc(-c3ccnc(-c4cccc(Cl)c4)c3CO)cc2c1Cl. The Bertz CT molecular complexity index is 1490. The summed E-state index contributed by atoms with van der Waals surface area (Å²) >= 11 is 13.0. The van der Waals surface area contributed by atoms with E-state index in [0.29, 0.717) is 15.7 Å². The zero-order valence-corrected chi connectivity index (χ0v) is 19.1. The van der Waals surface area contributed by atoms with E-state index in [1.54, 1.807) is 18.6 Å². The van der Waals surface area contributed by atoms with Gasteiger partial charge in [-0.15, -0.1) is 0 Å². The molecule has 0 unspecified atom stereocenters. The monoisotopic (exact) mass is 472 g/mol. The second kappa shape index (κ2) is 8.87. The lowest BCUT2D eigenvalue weighted by atomic mass is 9.95. The van der Waals surface area contributed by atoms with E-state index in [0.717, 1.165) is 50.0 Å². The number of hydrogen-bond acceptors (Lipinski definition) is 5. The Morgan fingerprint density at radius 2 is 1.70 bits per heavy atom. The largest absolute Gasteiger partial charge is 0.392 e. The summed E-state index contributed by atoms with van der Waals surface area (Å²) in [6.07, 6.45) is 6.67. The molecule has 0 aliphatic heterocycles. The van der Waals surface area contributed by atoms with Gasteiger partial charge in [-0.1, -0.05) is 41.4 Å². The van der Waals surface area contributed by atoms with Crippen LogP contribution in [0.2, 0.25) is 10.0 Å². The van der Waals surface area contributed by atoms with Gasteiger partial charge in [0.05, 0.1) is 28.5 Å². The third-order valence-electron chi connectivity index (χ3n) is 5.61. The van der Waals surface area contributed by atoms with Crippen molar-refractivity contribution in [2.45, 2.75) is 13.5 Å². The first-order valence-electron chi connectivity index (χ1n) is 10.3. The third-order valence-corrected chi connectivity index (χ3v) is 6.33. The van der Waals surface area contributed by atoms with Gasteiger partial charge in [0.25, 0.3) is 0 Å². The molecule has 5 nitrogen and oxygen atoms in total. The van der Waals surface area contributed by atoms with Crippen molar-refractivity contribution in [1.82, 2.24) is 19.9 Å². The number of aliphatic hydroxyl groups is 1. The predicted molar refractivity (Wildman–Crippen MR) is 132 cm³/mol. The average Bonchev–Trinajstić information content (AvgIpc) is 2.86. The minimum absolute atomic E-state index is 0.166. The Kier molecular flexibility index (Phi) is 5.77. The molecule has 7 heteroatoms. The molecule has 5 rings (SSSR count). The van der Waals surface area contributed by atoms with Crippen molar-refractivity contribution in [3.63, 3.8) is 0 Å². The summed E-state index contributed by atoms with van der Waals surface area (Å²) in [7, 11) is 0. The molecule has 0 bridgehead atoms. The maximum atomic E-state index is 10.2. The van der Waals surface area contributed by atoms with Gasteiger partial charge in [-0.25, -0.2) is 15.0 Å². The fraction of sp³-hybridized carbons (Fsp3) is 0.0769. The van der Waals surface area contributed by atoms with Gasteiger partial charge in [0, 0.05) is 45.7 Å². The maximum Gasteiger partial charge on any atom is 0.115 e. The summed E-state index contributed by atoms with van der Waals surface area (Å²) in [6.45, 7) is 1.77. The van der Waals surface area contributed by atoms with Crippen LogP contribution in [0.25, 0.3) is 44.5 Å². The molecule has 0 spiro atoms. The Morgan fingerprint density at radius 3 is 2.45 bits per heavy atom. The lowest BCUT2D eigenvalue weighted by Gasteiger charge is -2.15. The highest BCUT2D eigenvalue weighted by atomic mass is 35.5. The van der Waals surface area contributed by atoms with Crippen LogP contribution in [-0.4, -0.2) is 25.0 Å². The van der Waals surface area contributed by atoms with Crippen LogP contribution < -0.4 is 0 Å². The number of pyridine rings is 2. The highest BCUT2D eigenvalue weighted by molar-refractivity contribution is 6.36. The number of hydrogen-bond donors (Lipinski definition) is 1. The molecule has 2 aromatic carbocycles. The highest BCUT2D eigenvalue weighted by Crippen LogP contribution is 2.37. The van der Waals surface area contributed by atoms with Crippen molar-refractivity contribution in [2.75, 3.05) is 0 Å². The van der Waals surface area contributed by atoms with Crippen molar-refractivity contribution in [2.24, 2.45) is 0 Å². The smallest absolute Gasteiger partial charge is 0.115 e. The van der Waals surface area contributed by atoms with E-state index in [4.69, 9.17) is 28.2 Å². The van der Waals surface area contributed by atoms with E-state index >= 15 is 0 Å². The minimum Gasteiger partial charge on any atom is -0.392 e. The molecule has 0 aliphatic rings. The van der Waals surface area contributed by atoms with E-state index < -0.39 is 0 Å². The van der Waals surface area contributed by atoms with Gasteiger partial charge in [-0.3, -0.25) is 4.98 Å². The standard InChI is InChI=1S/C26H18Cl2N4O/c1-15-24(28)21-10-16(5-6-23(21)32-25(15)18-11-29-14-30-12-18)20-7-8-31-26(22(20)13-33)17-3-2-4-19(27)9-17/h2-12,14,33H,13H2,1H3. The zero-order valence-electron chi connectivity index (χ0n) is 17.6. The minimum atomic E-state index is -0.166. The second-order valence-electron chi connectivity index (χ2n) is 7.61. The topological polar surface area (TPSA) is 71.8 Å². The molecule has 0 amide bonds. The molecule has 3 heterocycles. The van der Waals surface area contributed by atoms with Gasteiger partial charge in [-0.05, 0) is 53.9 Å². The average molecular weight is 473 g/mol. The summed E-state index contributed by atoms with van der Waals surface area (Å²) < 4.78 is 0. The van der Waals surface area contributed by atoms with Crippen LogP contribution in [0.1, 0.15) is 11.1 Å². The molecule has 33 heavy (non-hydrogen) atoms. The van der Waals surface area contributed by atoms with Crippen LogP contribution in [0.5, 0.6) is 0 Å². The molecule has 5 aromatic rings. The number of aromatic nitrogens is 4. The van der Waals surface area contributed by atoms with Crippen molar-refractivity contribution < 1.29 is 5.11 Å². The van der Waals surface area contributed by atoms with Gasteiger partial charge < -0.3 is 5.11 Å². The van der Waals surface area contributed by atoms with E-state index in [-0.39, 0.29) is 6.61 Å². The van der Waals surface area contributed by atoms with Crippen LogP contribution in [0, 0.1) is 6.92 Å². The number of benzene rings is 2. The molecular formula is C26H18Cl2N4O. The lowest BCUT2D eigenvalue weighted by molar-refractivity contribution is 0.282. The summed E-state index contributed by atoms with van der Waals surface area (Å²) in [6, 6.07) is 15.2. The van der Waals surface area contributed by atoms with E-state index in [1.807, 2.05) is 55.5 Å². The first kappa shape index (κ1) is 21.5. The van der Waals surface area contributed by atoms with Gasteiger partial charge in [0.15, 0.2) is 0 Å². The Balaban J connectivity index is 1.67. The van der Waals surface area contributed by atoms with Crippen LogP contribution in [0.3, 0.4) is 0 Å². The Hall–Kier alpha value is -3.38. The Morgan fingerprint density at radius 1 is 0.879 bits per heavy atom. The van der Waals surface area contributed by atoms with Crippen molar-refractivity contribution in [3.05, 3.63) is 94.6 Å². The predicted octanol–water partition coefficient (Wildman–Crippen LogP) is 6.53. The van der Waals surface area contributed by atoms with Crippen LogP contribution >= 0.6 is 23.2 Å². The number of rotatable bonds is 4. The normalized spacial score (nSPS) is 11.2. The zero-order chi connectivity index (χ0) is 22.9. The van der Waals surface area contributed by atoms with Crippen LogP contribution in [0.15, 0.2) is 73.4 Å². The number of nitrogens with zero attached hydrogens (tertiary/aromatic N) is 4. The molecule has 0 radical (unpaired) electrons. The highest BCUT2D eigenvalue weighted by Gasteiger charge is 2.16. The van der Waals surface area contributed by atoms with Crippen LogP contribution in [-0.2, 0) is 6.61 Å². The van der Waals surface area contributed by atoms with E-state index in [2.05, 4.69) is 15.0 Å². The third kappa shape index (κ3) is 3.95. The first-order chi connectivity index (χ1) is 16.1. The van der Waals surface area contributed by atoms with E-state index in [9.17, 15) is 5.11 Å². The summed E-state index contributed by atoms with van der Waals surface area (Å²) in [5, 5.41) is 12.3. The molecule has 162 valence electrons. The quantitative estimate of drug-likeness (QED) is 0.321. The fourth-order valence-corrected chi connectivity index (χ4v) is 4.43. The molecule has 1 N–H and O–H groups in total. The molecule has 3 aromatic heterocycles. The molecule has 0 fully saturated rings. The number of aliphatic hydroxyl groups excluding tert-OH is 1. The first-order valence-corrected chi connectivity index (χ1v) is 11.0. The van der Waals surface area contributed by atoms with Crippen molar-refractivity contribution in [1.29, 1.82) is 0 Å². The fourth-order valence-electron chi connectivity index (χ4n) is 4.00. The lowest BCUT2D eigenvalue weighted by Crippen LogP contribution is -1.98. The van der Waals surface area contributed by atoms with Gasteiger partial charge >= 0.3 is 0 Å². The van der Waals surface area contributed by atoms with Crippen LogP contribution in [0.4, 0.5) is 0 Å². The van der Waals surface area contributed by atoms with Gasteiger partial charge in [0.2, 0.25) is 0 Å². The maximum absolute atomic E-state index is 10.2. The van der Waals surface area contributed by atoms with E-state index in [1.165, 1.54) is 6.33 Å². The second-order valence-corrected chi connectivity index (χ2v) is 8.43. The molecule has 0 saturated carbocycles. The number of halogens is 2. The van der Waals surface area contributed by atoms with Crippen molar-refractivity contribution in [3.8, 4) is 33.6 Å². The molecule has 0 saturated heterocycles. The summed E-state index contributed by atoms with van der Waals surface area (Å²) in [5.41, 5.74) is 7.23. The van der Waals surface area contributed by atoms with Gasteiger partial charge in [-0.2, -0.15) is 0 Å². The molecular weight excluding hydrogens is 455 g/mol. The molecule has 0 aliphatic carbocycles. The number of fused-ring (bicyclic) bond motifs is 1. The van der Waals surface area contributed by atoms with Gasteiger partial charge in [0.1, 0.15) is 6.33 Å². The Labute approximate surface area is 200 Å². The van der Waals surface area contributed by atoms with Crippen molar-refractivity contribution >= 4 is 34.1 Å².